The molecule has 0 aromatic heterocycles. The van der Waals surface area contributed by atoms with E-state index in [1.54, 1.807) is 12.2 Å². The fourth-order valence-corrected chi connectivity index (χ4v) is 3.43. The van der Waals surface area contributed by atoms with Crippen LogP contribution in [0.2, 0.25) is 0 Å². The van der Waals surface area contributed by atoms with E-state index in [-0.39, 0.29) is 12.0 Å². The van der Waals surface area contributed by atoms with Gasteiger partial charge < -0.3 is 19.5 Å². The topological polar surface area (TPSA) is 133 Å². The van der Waals surface area contributed by atoms with E-state index in [0.717, 1.165) is 5.33 Å². The number of halogens is 1. The van der Waals surface area contributed by atoms with Gasteiger partial charge in [0, 0.05) is 61.3 Å². The van der Waals surface area contributed by atoms with Gasteiger partial charge in [-0.2, -0.15) is 21.0 Å². The number of hydrogen-bond donors (Lipinski definition) is 1. The Labute approximate surface area is 232 Å². The van der Waals surface area contributed by atoms with Gasteiger partial charge in [0.1, 0.15) is 0 Å². The van der Waals surface area contributed by atoms with Gasteiger partial charge in [-0.15, -0.1) is 13.2 Å². The minimum Gasteiger partial charge on any atom is -0.396 e. The van der Waals surface area contributed by atoms with E-state index >= 15 is 0 Å². The van der Waals surface area contributed by atoms with Gasteiger partial charge in [-0.25, -0.2) is 13.1 Å². The molecule has 0 bridgehead atoms. The first-order valence-corrected chi connectivity index (χ1v) is 13.1. The van der Waals surface area contributed by atoms with Crippen molar-refractivity contribution in [3.8, 4) is 24.3 Å². The van der Waals surface area contributed by atoms with E-state index in [1.807, 2.05) is 12.1 Å². The number of aliphatic hydroxyl groups is 1. The lowest BCUT2D eigenvalue weighted by Gasteiger charge is -2.30. The zero-order valence-corrected chi connectivity index (χ0v) is 23.4. The van der Waals surface area contributed by atoms with Gasteiger partial charge in [-0.1, -0.05) is 28.1 Å². The number of alkyl halides is 1. The number of aliphatic hydroxyl groups excluding tert-OH is 1. The molecule has 200 valence electrons. The Morgan fingerprint density at radius 3 is 1.43 bits per heavy atom. The molecule has 0 heterocycles. The summed E-state index contributed by atoms with van der Waals surface area (Å²) in [6.07, 6.45) is 8.79. The second-order valence-corrected chi connectivity index (χ2v) is 8.95. The van der Waals surface area contributed by atoms with E-state index in [0.29, 0.717) is 90.5 Å². The second kappa shape index (κ2) is 29.1. The van der Waals surface area contributed by atoms with Crippen molar-refractivity contribution < 1.29 is 9.84 Å². The number of hydrogen-bond acceptors (Lipinski definition) is 6. The van der Waals surface area contributed by atoms with Gasteiger partial charge in [0.05, 0.1) is 37.5 Å². The lowest BCUT2D eigenvalue weighted by atomic mass is 9.77. The highest BCUT2D eigenvalue weighted by Crippen LogP contribution is 2.34. The zero-order valence-electron chi connectivity index (χ0n) is 21.8. The minimum atomic E-state index is -0.407. The summed E-state index contributed by atoms with van der Waals surface area (Å²) in [6.45, 7) is 22.3. The van der Waals surface area contributed by atoms with Crippen LogP contribution < -0.4 is 0 Å². The van der Waals surface area contributed by atoms with E-state index in [9.17, 15) is 5.11 Å². The standard InChI is InChI=1S/C14H19N3O.C11H15N3O.C3H5Br/c1-3-12-18-13-14(6-4-9-15,7-5-10-16)8-11-17-2;1-14-9-6-11(10-15,4-2-7-12)5-3-8-13;1-2-3-4/h3H,1,4-8,11-13H2;15H,2-6,9-10H2;2H,1,3H2. The molecule has 0 aliphatic heterocycles. The maximum Gasteiger partial charge on any atom is 0.215 e. The molecular formula is C28H39BrN6O2. The van der Waals surface area contributed by atoms with Crippen molar-refractivity contribution in [3.05, 3.63) is 48.1 Å². The van der Waals surface area contributed by atoms with Crippen molar-refractivity contribution in [2.24, 2.45) is 10.8 Å². The molecule has 0 aliphatic rings. The average Bonchev–Trinajstić information content (AvgIpc) is 2.94. The second-order valence-electron chi connectivity index (χ2n) is 8.30. The van der Waals surface area contributed by atoms with Crippen LogP contribution >= 0.6 is 15.9 Å². The molecule has 0 aromatic rings. The summed E-state index contributed by atoms with van der Waals surface area (Å²) in [5.41, 5.74) is -0.630. The SMILES string of the molecule is C=CCBr.[C-]#[N+]CCC(CCC#N)(CCC#N)COCC=C.[C-]#[N+]CCC(CO)(CCC#N)CCC#N. The molecule has 0 unspecified atom stereocenters. The normalized spacial score (nSPS) is 9.62. The number of rotatable bonds is 18. The maximum absolute atomic E-state index is 9.33. The van der Waals surface area contributed by atoms with Crippen LogP contribution in [-0.2, 0) is 4.74 Å². The molecule has 0 aromatic carbocycles. The van der Waals surface area contributed by atoms with Gasteiger partial charge in [0.25, 0.3) is 0 Å². The molecule has 0 atom stereocenters. The van der Waals surface area contributed by atoms with Gasteiger partial charge in [-0.3, -0.25) is 0 Å². The highest BCUT2D eigenvalue weighted by Gasteiger charge is 2.31. The Bertz CT molecular complexity index is 758. The lowest BCUT2D eigenvalue weighted by molar-refractivity contribution is 0.0449. The summed E-state index contributed by atoms with van der Waals surface area (Å²) in [4.78, 5) is 6.63. The smallest absolute Gasteiger partial charge is 0.215 e. The molecule has 37 heavy (non-hydrogen) atoms. The van der Waals surface area contributed by atoms with Crippen molar-refractivity contribution in [1.29, 1.82) is 21.0 Å². The number of nitriles is 4. The predicted octanol–water partition coefficient (Wildman–Crippen LogP) is 6.54. The first kappa shape index (κ1) is 38.4. The van der Waals surface area contributed by atoms with Crippen molar-refractivity contribution in [2.45, 2.75) is 64.2 Å². The summed E-state index contributed by atoms with van der Waals surface area (Å²) in [5.74, 6) is 0. The number of ether oxygens (including phenoxy) is 1. The largest absolute Gasteiger partial charge is 0.396 e. The molecule has 0 radical (unpaired) electrons. The molecule has 0 spiro atoms. The Kier molecular flexibility index (Phi) is 30.1. The van der Waals surface area contributed by atoms with Gasteiger partial charge in [-0.05, 0) is 25.7 Å². The summed E-state index contributed by atoms with van der Waals surface area (Å²) in [7, 11) is 0. The van der Waals surface area contributed by atoms with Crippen molar-refractivity contribution in [2.75, 3.05) is 38.2 Å². The van der Waals surface area contributed by atoms with Crippen LogP contribution in [0.5, 0.6) is 0 Å². The van der Waals surface area contributed by atoms with Crippen LogP contribution in [-0.4, -0.2) is 43.3 Å². The van der Waals surface area contributed by atoms with E-state index in [4.69, 9.17) is 38.9 Å². The highest BCUT2D eigenvalue weighted by molar-refractivity contribution is 9.09. The van der Waals surface area contributed by atoms with Crippen molar-refractivity contribution in [3.63, 3.8) is 0 Å². The minimum absolute atomic E-state index is 0.0497. The van der Waals surface area contributed by atoms with Crippen LogP contribution in [0.4, 0.5) is 0 Å². The van der Waals surface area contributed by atoms with Crippen LogP contribution in [0.1, 0.15) is 64.2 Å². The molecule has 8 nitrogen and oxygen atoms in total. The molecule has 0 saturated carbocycles. The van der Waals surface area contributed by atoms with Gasteiger partial charge in [0.2, 0.25) is 13.1 Å². The van der Waals surface area contributed by atoms with Crippen molar-refractivity contribution in [1.82, 2.24) is 0 Å². The van der Waals surface area contributed by atoms with Gasteiger partial charge >= 0.3 is 0 Å². The molecule has 0 saturated heterocycles. The Hall–Kier alpha value is -3.18. The molecular weight excluding hydrogens is 532 g/mol. The molecule has 0 fully saturated rings. The van der Waals surface area contributed by atoms with Crippen LogP contribution in [0.15, 0.2) is 25.3 Å². The summed E-state index contributed by atoms with van der Waals surface area (Å²) in [6, 6.07) is 8.34. The Morgan fingerprint density at radius 2 is 1.14 bits per heavy atom. The molecule has 1 N–H and O–H groups in total. The molecule has 0 aliphatic carbocycles. The zero-order chi connectivity index (χ0) is 28.7. The van der Waals surface area contributed by atoms with E-state index in [1.165, 1.54) is 0 Å². The lowest BCUT2D eigenvalue weighted by Crippen LogP contribution is -2.28. The van der Waals surface area contributed by atoms with Crippen LogP contribution in [0.3, 0.4) is 0 Å². The fraction of sp³-hybridized carbons (Fsp3) is 0.643. The first-order valence-electron chi connectivity index (χ1n) is 12.0. The molecule has 0 amide bonds. The molecule has 9 heteroatoms. The maximum atomic E-state index is 9.33. The summed E-state index contributed by atoms with van der Waals surface area (Å²) >= 11 is 3.13. The van der Waals surface area contributed by atoms with Gasteiger partial charge in [0.15, 0.2) is 0 Å². The quantitative estimate of drug-likeness (QED) is 0.0859. The molecule has 0 rings (SSSR count). The third kappa shape index (κ3) is 23.0. The first-order chi connectivity index (χ1) is 17.9. The predicted molar refractivity (Wildman–Crippen MR) is 149 cm³/mol. The van der Waals surface area contributed by atoms with Crippen LogP contribution in [0, 0.1) is 69.3 Å². The monoisotopic (exact) mass is 570 g/mol. The number of allylic oxidation sites excluding steroid dienone is 1. The Balaban J connectivity index is -0.000000551. The van der Waals surface area contributed by atoms with E-state index < -0.39 is 5.41 Å². The fourth-order valence-electron chi connectivity index (χ4n) is 3.43. The Morgan fingerprint density at radius 1 is 0.757 bits per heavy atom. The van der Waals surface area contributed by atoms with Crippen molar-refractivity contribution >= 4 is 15.9 Å². The number of nitrogens with zero attached hydrogens (tertiary/aromatic N) is 6. The average molecular weight is 572 g/mol. The third-order valence-electron chi connectivity index (χ3n) is 5.66. The summed E-state index contributed by atoms with van der Waals surface area (Å²) in [5, 5.41) is 44.7. The van der Waals surface area contributed by atoms with Crippen LogP contribution in [0.25, 0.3) is 9.69 Å². The third-order valence-corrected chi connectivity index (χ3v) is 6.12. The van der Waals surface area contributed by atoms with E-state index in [2.05, 4.69) is 50.9 Å². The summed E-state index contributed by atoms with van der Waals surface area (Å²) < 4.78 is 5.50. The highest BCUT2D eigenvalue weighted by atomic mass is 79.9.